The highest BCUT2D eigenvalue weighted by Crippen LogP contribution is 2.24. The molecule has 3 rings (SSSR count). The van der Waals surface area contributed by atoms with Crippen molar-refractivity contribution in [3.63, 3.8) is 0 Å². The summed E-state index contributed by atoms with van der Waals surface area (Å²) >= 11 is 1.24. The summed E-state index contributed by atoms with van der Waals surface area (Å²) in [6.45, 7) is 4.38. The molecule has 7 nitrogen and oxygen atoms in total. The Kier molecular flexibility index (Phi) is 4.57. The number of benzene rings is 1. The van der Waals surface area contributed by atoms with Crippen LogP contribution >= 0.6 is 11.8 Å². The van der Waals surface area contributed by atoms with Gasteiger partial charge in [-0.25, -0.2) is 0 Å². The number of carbonyl (C=O) groups excluding carboxylic acids is 1. The van der Waals surface area contributed by atoms with Crippen molar-refractivity contribution < 1.29 is 4.79 Å². The van der Waals surface area contributed by atoms with Crippen molar-refractivity contribution in [2.45, 2.75) is 43.6 Å². The number of nitrogens with zero attached hydrogens (tertiary/aromatic N) is 4. The molecule has 2 aromatic heterocycles. The second kappa shape index (κ2) is 6.64. The maximum Gasteiger partial charge on any atom is 0.262 e. The number of carbonyl (C=O) groups is 1. The third-order valence-electron chi connectivity index (χ3n) is 3.90. The van der Waals surface area contributed by atoms with E-state index in [1.807, 2.05) is 22.6 Å². The molecular formula is C16H19N5O2S. The first-order chi connectivity index (χ1) is 11.5. The van der Waals surface area contributed by atoms with Gasteiger partial charge in [0, 0.05) is 6.54 Å². The van der Waals surface area contributed by atoms with Gasteiger partial charge in [-0.2, -0.15) is 0 Å². The van der Waals surface area contributed by atoms with Gasteiger partial charge in [-0.15, -0.1) is 10.2 Å². The standard InChI is InChI=1S/C16H19N5O2S/c1-3-4-9-20-14(23)11-7-5-6-8-12(11)21-15(20)18-19-16(21)24-10(2)13(17)22/h5-8,10H,3-4,9H2,1-2H3,(H2,17,22)/t10-/m0/s1. The van der Waals surface area contributed by atoms with Crippen LogP contribution in [-0.4, -0.2) is 30.3 Å². The number of para-hydroxylation sites is 1. The smallest absolute Gasteiger partial charge is 0.262 e. The summed E-state index contributed by atoms with van der Waals surface area (Å²) in [7, 11) is 0. The fourth-order valence-electron chi connectivity index (χ4n) is 2.54. The molecule has 0 saturated heterocycles. The molecule has 0 aliphatic heterocycles. The van der Waals surface area contributed by atoms with Crippen molar-refractivity contribution >= 4 is 34.3 Å². The van der Waals surface area contributed by atoms with Crippen molar-refractivity contribution in [3.8, 4) is 0 Å². The number of hydrogen-bond acceptors (Lipinski definition) is 5. The van der Waals surface area contributed by atoms with Gasteiger partial charge in [0.05, 0.1) is 16.2 Å². The van der Waals surface area contributed by atoms with Gasteiger partial charge in [0.1, 0.15) is 0 Å². The van der Waals surface area contributed by atoms with E-state index >= 15 is 0 Å². The zero-order chi connectivity index (χ0) is 17.3. The van der Waals surface area contributed by atoms with Crippen molar-refractivity contribution in [1.82, 2.24) is 19.2 Å². The van der Waals surface area contributed by atoms with Crippen LogP contribution in [0.3, 0.4) is 0 Å². The van der Waals surface area contributed by atoms with Gasteiger partial charge in [-0.05, 0) is 25.5 Å². The third-order valence-corrected chi connectivity index (χ3v) is 4.96. The van der Waals surface area contributed by atoms with E-state index < -0.39 is 11.2 Å². The SMILES string of the molecule is CCCCn1c(=O)c2ccccc2n2c(S[C@@H](C)C(N)=O)nnc12. The van der Waals surface area contributed by atoms with E-state index in [0.717, 1.165) is 18.4 Å². The molecule has 0 bridgehead atoms. The molecule has 1 amide bonds. The molecule has 0 spiro atoms. The van der Waals surface area contributed by atoms with Crippen molar-refractivity contribution in [3.05, 3.63) is 34.6 Å². The largest absolute Gasteiger partial charge is 0.369 e. The number of hydrogen-bond donors (Lipinski definition) is 1. The summed E-state index contributed by atoms with van der Waals surface area (Å²) in [5.74, 6) is 0.0756. The Morgan fingerprint density at radius 1 is 1.33 bits per heavy atom. The summed E-state index contributed by atoms with van der Waals surface area (Å²) in [6.07, 6.45) is 1.85. The van der Waals surface area contributed by atoms with E-state index in [1.54, 1.807) is 17.6 Å². The van der Waals surface area contributed by atoms with Crippen LogP contribution in [0.4, 0.5) is 0 Å². The summed E-state index contributed by atoms with van der Waals surface area (Å²) < 4.78 is 3.48. The number of nitrogens with two attached hydrogens (primary N) is 1. The Balaban J connectivity index is 2.28. The van der Waals surface area contributed by atoms with Gasteiger partial charge in [-0.3, -0.25) is 18.6 Å². The number of aryl methyl sites for hydroxylation is 1. The van der Waals surface area contributed by atoms with Crippen LogP contribution in [0.5, 0.6) is 0 Å². The zero-order valence-electron chi connectivity index (χ0n) is 13.6. The first-order valence-corrected chi connectivity index (χ1v) is 8.75. The molecule has 3 aromatic rings. The predicted molar refractivity (Wildman–Crippen MR) is 94.2 cm³/mol. The quantitative estimate of drug-likeness (QED) is 0.688. The lowest BCUT2D eigenvalue weighted by Gasteiger charge is -2.11. The highest BCUT2D eigenvalue weighted by atomic mass is 32.2. The molecule has 8 heteroatoms. The van der Waals surface area contributed by atoms with Crippen LogP contribution in [0.25, 0.3) is 16.7 Å². The second-order valence-electron chi connectivity index (χ2n) is 5.61. The van der Waals surface area contributed by atoms with Gasteiger partial charge >= 0.3 is 0 Å². The molecule has 1 atom stereocenters. The van der Waals surface area contributed by atoms with Gasteiger partial charge in [0.25, 0.3) is 5.56 Å². The Hall–Kier alpha value is -2.35. The zero-order valence-corrected chi connectivity index (χ0v) is 14.4. The normalized spacial score (nSPS) is 12.8. The van der Waals surface area contributed by atoms with Gasteiger partial charge < -0.3 is 5.73 Å². The van der Waals surface area contributed by atoms with Gasteiger partial charge in [0.15, 0.2) is 5.16 Å². The minimum Gasteiger partial charge on any atom is -0.369 e. The number of fused-ring (bicyclic) bond motifs is 3. The molecule has 0 radical (unpaired) electrons. The van der Waals surface area contributed by atoms with Crippen LogP contribution < -0.4 is 11.3 Å². The monoisotopic (exact) mass is 345 g/mol. The molecule has 0 fully saturated rings. The van der Waals surface area contributed by atoms with E-state index in [9.17, 15) is 9.59 Å². The summed E-state index contributed by atoms with van der Waals surface area (Å²) in [4.78, 5) is 24.2. The minimum atomic E-state index is -0.438. The predicted octanol–water partition coefficient (Wildman–Crippen LogP) is 1.81. The van der Waals surface area contributed by atoms with Crippen molar-refractivity contribution in [1.29, 1.82) is 0 Å². The summed E-state index contributed by atoms with van der Waals surface area (Å²) in [5.41, 5.74) is 6.02. The lowest BCUT2D eigenvalue weighted by atomic mass is 10.2. The van der Waals surface area contributed by atoms with E-state index in [2.05, 4.69) is 17.1 Å². The van der Waals surface area contributed by atoms with E-state index in [0.29, 0.717) is 22.9 Å². The Bertz CT molecular complexity index is 962. The number of aromatic nitrogens is 4. The molecule has 0 saturated carbocycles. The fourth-order valence-corrected chi connectivity index (χ4v) is 3.35. The molecule has 0 aliphatic rings. The number of unbranched alkanes of at least 4 members (excludes halogenated alkanes) is 1. The molecule has 2 N–H and O–H groups in total. The van der Waals surface area contributed by atoms with Crippen LogP contribution in [0.2, 0.25) is 0 Å². The number of thioether (sulfide) groups is 1. The van der Waals surface area contributed by atoms with E-state index in [-0.39, 0.29) is 5.56 Å². The first-order valence-electron chi connectivity index (χ1n) is 7.87. The van der Waals surface area contributed by atoms with Crippen LogP contribution in [0.1, 0.15) is 26.7 Å². The molecule has 126 valence electrons. The molecular weight excluding hydrogens is 326 g/mol. The van der Waals surface area contributed by atoms with Crippen LogP contribution in [-0.2, 0) is 11.3 Å². The molecule has 2 heterocycles. The molecule has 1 aromatic carbocycles. The lowest BCUT2D eigenvalue weighted by molar-refractivity contribution is -0.117. The highest BCUT2D eigenvalue weighted by Gasteiger charge is 2.19. The van der Waals surface area contributed by atoms with Gasteiger partial charge in [-0.1, -0.05) is 37.2 Å². The van der Waals surface area contributed by atoms with Crippen molar-refractivity contribution in [2.24, 2.45) is 5.73 Å². The van der Waals surface area contributed by atoms with Crippen LogP contribution in [0, 0.1) is 0 Å². The average Bonchev–Trinajstić information content (AvgIpc) is 2.98. The summed E-state index contributed by atoms with van der Waals surface area (Å²) in [6, 6.07) is 7.36. The van der Waals surface area contributed by atoms with E-state index in [1.165, 1.54) is 11.8 Å². The number of rotatable bonds is 6. The molecule has 0 aliphatic carbocycles. The maximum absolute atomic E-state index is 12.8. The topological polar surface area (TPSA) is 95.3 Å². The minimum absolute atomic E-state index is 0.0709. The Morgan fingerprint density at radius 3 is 2.79 bits per heavy atom. The Morgan fingerprint density at radius 2 is 2.08 bits per heavy atom. The third kappa shape index (κ3) is 2.77. The van der Waals surface area contributed by atoms with Crippen molar-refractivity contribution in [2.75, 3.05) is 0 Å². The maximum atomic E-state index is 12.8. The fraction of sp³-hybridized carbons (Fsp3) is 0.375. The second-order valence-corrected chi connectivity index (χ2v) is 6.92. The average molecular weight is 345 g/mol. The van der Waals surface area contributed by atoms with E-state index in [4.69, 9.17) is 5.73 Å². The lowest BCUT2D eigenvalue weighted by Crippen LogP contribution is -2.24. The van der Waals surface area contributed by atoms with Crippen LogP contribution in [0.15, 0.2) is 34.2 Å². The summed E-state index contributed by atoms with van der Waals surface area (Å²) in [5, 5.41) is 9.11. The highest BCUT2D eigenvalue weighted by molar-refractivity contribution is 8.00. The van der Waals surface area contributed by atoms with Gasteiger partial charge in [0.2, 0.25) is 11.7 Å². The number of amides is 1. The molecule has 0 unspecified atom stereocenters. The number of primary amides is 1. The molecule has 24 heavy (non-hydrogen) atoms. The first kappa shape index (κ1) is 16.5. The Labute approximate surface area is 142 Å².